The maximum absolute atomic E-state index is 6.39. The quantitative estimate of drug-likeness (QED) is 0.343. The third-order valence-corrected chi connectivity index (χ3v) is 0.432. The van der Waals surface area contributed by atoms with E-state index in [1.807, 2.05) is 0 Å². The van der Waals surface area contributed by atoms with E-state index in [4.69, 9.17) is 22.7 Å². The molecule has 4 heteroatoms. The van der Waals surface area contributed by atoms with Crippen molar-refractivity contribution in [1.82, 2.24) is 0 Å². The minimum absolute atomic E-state index is 0. The highest BCUT2D eigenvalue weighted by atomic mass is 79.9. The summed E-state index contributed by atoms with van der Waals surface area (Å²) in [4.78, 5) is 0. The van der Waals surface area contributed by atoms with Crippen LogP contribution in [0.5, 0.6) is 0 Å². The van der Waals surface area contributed by atoms with E-state index in [2.05, 4.69) is 0 Å². The molecule has 3 N–H and O–H groups in total. The van der Waals surface area contributed by atoms with Crippen LogP contribution in [0, 0.1) is 5.41 Å². The first-order chi connectivity index (χ1) is 2.27. The smallest absolute Gasteiger partial charge is 0.106 e. The molecule has 0 aliphatic heterocycles. The Bertz CT molecular complexity index is 46.8. The molecule has 2 nitrogen and oxygen atoms in total. The van der Waals surface area contributed by atoms with Crippen LogP contribution in [0.15, 0.2) is 0 Å². The fourth-order valence-electron chi connectivity index (χ4n) is 0. The first-order valence-electron chi connectivity index (χ1n) is 1.16. The van der Waals surface area contributed by atoms with Crippen LogP contribution in [0.25, 0.3) is 0 Å². The van der Waals surface area contributed by atoms with Crippen molar-refractivity contribution in [2.24, 2.45) is 5.73 Å². The van der Waals surface area contributed by atoms with Crippen molar-refractivity contribution in [3.05, 3.63) is 0 Å². The van der Waals surface area contributed by atoms with Crippen molar-refractivity contribution in [2.75, 3.05) is 5.88 Å². The summed E-state index contributed by atoms with van der Waals surface area (Å²) < 4.78 is 0. The lowest BCUT2D eigenvalue weighted by atomic mass is 10.7. The summed E-state index contributed by atoms with van der Waals surface area (Å²) in [6, 6.07) is 0. The van der Waals surface area contributed by atoms with E-state index in [0.717, 1.165) is 0 Å². The zero-order valence-electron chi connectivity index (χ0n) is 3.07. The average Bonchev–Trinajstić information content (AvgIpc) is 1.38. The minimum Gasteiger partial charge on any atom is -0.387 e. The number of amidine groups is 1. The predicted octanol–water partition coefficient (Wildman–Crippen LogP) is 0.739. The number of halogens is 2. The molecule has 0 aliphatic rings. The van der Waals surface area contributed by atoms with Gasteiger partial charge in [0.15, 0.2) is 0 Å². The van der Waals surface area contributed by atoms with Crippen molar-refractivity contribution < 1.29 is 0 Å². The van der Waals surface area contributed by atoms with Gasteiger partial charge < -0.3 is 5.73 Å². The van der Waals surface area contributed by atoms with Crippen molar-refractivity contribution in [2.45, 2.75) is 0 Å². The molecule has 0 saturated heterocycles. The summed E-state index contributed by atoms with van der Waals surface area (Å²) in [5, 5.41) is 6.39. The van der Waals surface area contributed by atoms with E-state index in [0.29, 0.717) is 0 Å². The van der Waals surface area contributed by atoms with Gasteiger partial charge in [0.1, 0.15) is 5.84 Å². The molecular formula is C2H6BrClN2. The molecule has 0 aromatic heterocycles. The van der Waals surface area contributed by atoms with Gasteiger partial charge in [0.2, 0.25) is 0 Å². The Morgan fingerprint density at radius 2 is 2.00 bits per heavy atom. The van der Waals surface area contributed by atoms with E-state index in [-0.39, 0.29) is 28.7 Å². The van der Waals surface area contributed by atoms with Crippen molar-refractivity contribution in [3.8, 4) is 0 Å². The molecule has 0 heterocycles. The Morgan fingerprint density at radius 1 is 1.83 bits per heavy atom. The molecule has 0 radical (unpaired) electrons. The van der Waals surface area contributed by atoms with Gasteiger partial charge in [0.25, 0.3) is 0 Å². The van der Waals surface area contributed by atoms with E-state index >= 15 is 0 Å². The van der Waals surface area contributed by atoms with Gasteiger partial charge in [-0.15, -0.1) is 28.6 Å². The Morgan fingerprint density at radius 3 is 2.00 bits per heavy atom. The van der Waals surface area contributed by atoms with Crippen LogP contribution in [-0.2, 0) is 0 Å². The standard InChI is InChI=1S/C2H5ClN2.BrH/c3-1-2(4)5;/h1H2,(H3,4,5);1H. The Labute approximate surface area is 51.9 Å². The first-order valence-corrected chi connectivity index (χ1v) is 1.69. The lowest BCUT2D eigenvalue weighted by Crippen LogP contribution is -2.09. The van der Waals surface area contributed by atoms with Gasteiger partial charge in [-0.2, -0.15) is 0 Å². The molecule has 0 rings (SSSR count). The normalized spacial score (nSPS) is 6.17. The van der Waals surface area contributed by atoms with Crippen LogP contribution in [0.4, 0.5) is 0 Å². The van der Waals surface area contributed by atoms with E-state index < -0.39 is 0 Å². The number of alkyl halides is 1. The number of nitrogens with two attached hydrogens (primary N) is 1. The lowest BCUT2D eigenvalue weighted by Gasteiger charge is -1.76. The van der Waals surface area contributed by atoms with Gasteiger partial charge >= 0.3 is 0 Å². The Kier molecular flexibility index (Phi) is 8.32. The van der Waals surface area contributed by atoms with Gasteiger partial charge in [-0.25, -0.2) is 0 Å². The van der Waals surface area contributed by atoms with Crippen LogP contribution < -0.4 is 5.73 Å². The predicted molar refractivity (Wildman–Crippen MR) is 33.0 cm³/mol. The molecule has 0 fully saturated rings. The number of rotatable bonds is 1. The van der Waals surface area contributed by atoms with Crippen molar-refractivity contribution in [1.29, 1.82) is 5.41 Å². The summed E-state index contributed by atoms with van der Waals surface area (Å²) >= 11 is 4.99. The molecule has 0 aromatic rings. The zero-order valence-corrected chi connectivity index (χ0v) is 5.54. The van der Waals surface area contributed by atoms with Gasteiger partial charge in [-0.1, -0.05) is 0 Å². The van der Waals surface area contributed by atoms with Crippen LogP contribution in [0.2, 0.25) is 0 Å². The fraction of sp³-hybridized carbons (Fsp3) is 0.500. The molecule has 6 heavy (non-hydrogen) atoms. The molecule has 0 unspecified atom stereocenters. The topological polar surface area (TPSA) is 49.9 Å². The highest BCUT2D eigenvalue weighted by Crippen LogP contribution is 1.65. The molecular weight excluding hydrogens is 167 g/mol. The van der Waals surface area contributed by atoms with Crippen LogP contribution in [-0.4, -0.2) is 11.7 Å². The highest BCUT2D eigenvalue weighted by molar-refractivity contribution is 8.93. The monoisotopic (exact) mass is 172 g/mol. The van der Waals surface area contributed by atoms with Crippen molar-refractivity contribution >= 4 is 34.4 Å². The molecule has 0 amide bonds. The maximum Gasteiger partial charge on any atom is 0.106 e. The third-order valence-electron chi connectivity index (χ3n) is 0.144. The summed E-state index contributed by atoms with van der Waals surface area (Å²) in [5.74, 6) is 0.159. The minimum atomic E-state index is 0. The summed E-state index contributed by atoms with van der Waals surface area (Å²) in [6.45, 7) is 0. The number of hydrogen-bond donors (Lipinski definition) is 2. The second-order valence-electron chi connectivity index (χ2n) is 0.659. The molecule has 38 valence electrons. The molecule has 0 atom stereocenters. The highest BCUT2D eigenvalue weighted by Gasteiger charge is 1.73. The number of hydrogen-bond acceptors (Lipinski definition) is 1. The zero-order chi connectivity index (χ0) is 4.28. The van der Waals surface area contributed by atoms with Crippen molar-refractivity contribution in [3.63, 3.8) is 0 Å². The van der Waals surface area contributed by atoms with Crippen LogP contribution in [0.3, 0.4) is 0 Å². The molecule has 0 saturated carbocycles. The first kappa shape index (κ1) is 9.53. The molecule has 0 spiro atoms. The van der Waals surface area contributed by atoms with E-state index in [9.17, 15) is 0 Å². The van der Waals surface area contributed by atoms with Crippen LogP contribution in [0.1, 0.15) is 0 Å². The second-order valence-corrected chi connectivity index (χ2v) is 0.926. The summed E-state index contributed by atoms with van der Waals surface area (Å²) in [6.07, 6.45) is 0. The number of nitrogens with one attached hydrogen (secondary N) is 1. The Balaban J connectivity index is 0. The maximum atomic E-state index is 6.39. The van der Waals surface area contributed by atoms with Gasteiger partial charge in [0, 0.05) is 0 Å². The summed E-state index contributed by atoms with van der Waals surface area (Å²) in [7, 11) is 0. The molecule has 0 bridgehead atoms. The summed E-state index contributed by atoms with van der Waals surface area (Å²) in [5.41, 5.74) is 4.74. The van der Waals surface area contributed by atoms with E-state index in [1.165, 1.54) is 0 Å². The van der Waals surface area contributed by atoms with E-state index in [1.54, 1.807) is 0 Å². The van der Waals surface area contributed by atoms with Gasteiger partial charge in [-0.05, 0) is 0 Å². The largest absolute Gasteiger partial charge is 0.387 e. The lowest BCUT2D eigenvalue weighted by molar-refractivity contribution is 1.42. The van der Waals surface area contributed by atoms with Gasteiger partial charge in [-0.3, -0.25) is 5.41 Å². The SMILES string of the molecule is Br.N=C(N)CCl. The fourth-order valence-corrected chi connectivity index (χ4v) is 0. The average molecular weight is 173 g/mol. The second kappa shape index (κ2) is 5.24. The molecule has 0 aromatic carbocycles. The van der Waals surface area contributed by atoms with Crippen LogP contribution >= 0.6 is 28.6 Å². The molecule has 0 aliphatic carbocycles. The Hall–Kier alpha value is 0.240. The van der Waals surface area contributed by atoms with Gasteiger partial charge in [0.05, 0.1) is 5.88 Å². The third kappa shape index (κ3) is 8.87.